The third-order valence-corrected chi connectivity index (χ3v) is 5.19. The van der Waals surface area contributed by atoms with E-state index in [0.29, 0.717) is 5.82 Å². The fourth-order valence-corrected chi connectivity index (χ4v) is 3.64. The molecule has 0 saturated carbocycles. The zero-order valence-electron chi connectivity index (χ0n) is 16.8. The molecule has 0 spiro atoms. The van der Waals surface area contributed by atoms with Gasteiger partial charge in [0, 0.05) is 13.3 Å². The van der Waals surface area contributed by atoms with Crippen LogP contribution in [0, 0.1) is 6.92 Å². The molecule has 0 radical (unpaired) electrons. The van der Waals surface area contributed by atoms with Crippen LogP contribution in [0.25, 0.3) is 17.5 Å². The second kappa shape index (κ2) is 8.21. The summed E-state index contributed by atoms with van der Waals surface area (Å²) in [6.45, 7) is 5.56. The van der Waals surface area contributed by atoms with Crippen molar-refractivity contribution < 1.29 is 9.67 Å². The highest BCUT2D eigenvalue weighted by Gasteiger charge is 2.24. The van der Waals surface area contributed by atoms with E-state index in [0.717, 1.165) is 22.5 Å². The van der Waals surface area contributed by atoms with Crippen molar-refractivity contribution in [1.29, 1.82) is 0 Å². The molecule has 0 atom stereocenters. The largest absolute Gasteiger partial charge is 0.842 e. The molecule has 0 fully saturated rings. The van der Waals surface area contributed by atoms with E-state index in [4.69, 9.17) is 0 Å². The van der Waals surface area contributed by atoms with E-state index in [1.165, 1.54) is 0 Å². The minimum Gasteiger partial charge on any atom is -0.842 e. The monoisotopic (exact) mass is 394 g/mol. The average molecular weight is 394 g/mol. The van der Waals surface area contributed by atoms with Crippen LogP contribution in [-0.4, -0.2) is 4.57 Å². The van der Waals surface area contributed by atoms with Gasteiger partial charge in [-0.15, -0.1) is 0 Å². The molecule has 0 aliphatic heterocycles. The van der Waals surface area contributed by atoms with E-state index in [1.54, 1.807) is 22.1 Å². The van der Waals surface area contributed by atoms with Crippen molar-refractivity contribution in [3.05, 3.63) is 124 Å². The Bertz CT molecular complexity index is 1240. The van der Waals surface area contributed by atoms with Crippen molar-refractivity contribution in [2.45, 2.75) is 13.3 Å². The van der Waals surface area contributed by atoms with Crippen LogP contribution < -0.4 is 15.2 Å². The van der Waals surface area contributed by atoms with Gasteiger partial charge in [0.05, 0.1) is 11.4 Å². The van der Waals surface area contributed by atoms with E-state index in [-0.39, 0.29) is 23.4 Å². The first-order valence-electron chi connectivity index (χ1n) is 9.80. The number of para-hydroxylation sites is 2. The molecular formula is C26H22N2O2. The molecule has 0 aliphatic rings. The molecule has 30 heavy (non-hydrogen) atoms. The van der Waals surface area contributed by atoms with E-state index >= 15 is 0 Å². The molecule has 0 amide bonds. The highest BCUT2D eigenvalue weighted by Crippen LogP contribution is 2.17. The van der Waals surface area contributed by atoms with Gasteiger partial charge in [0.1, 0.15) is 11.4 Å². The molecule has 1 aromatic heterocycles. The zero-order valence-corrected chi connectivity index (χ0v) is 16.8. The Hall–Kier alpha value is -3.92. The van der Waals surface area contributed by atoms with Crippen LogP contribution in [0.15, 0.2) is 96.3 Å². The summed E-state index contributed by atoms with van der Waals surface area (Å²) in [7, 11) is 0. The molecule has 0 unspecified atom stereocenters. The maximum atomic E-state index is 13.5. The predicted molar refractivity (Wildman–Crippen MR) is 117 cm³/mol. The third-order valence-electron chi connectivity index (χ3n) is 5.19. The highest BCUT2D eigenvalue weighted by molar-refractivity contribution is 5.48. The molecule has 0 aliphatic carbocycles. The first-order valence-corrected chi connectivity index (χ1v) is 9.80. The lowest BCUT2D eigenvalue weighted by Gasteiger charge is -2.19. The van der Waals surface area contributed by atoms with Gasteiger partial charge in [-0.3, -0.25) is 0 Å². The first-order chi connectivity index (χ1) is 14.6. The predicted octanol–water partition coefficient (Wildman–Crippen LogP) is 3.73. The van der Waals surface area contributed by atoms with Crippen molar-refractivity contribution in [3.63, 3.8) is 0 Å². The molecule has 0 N–H and O–H groups in total. The quantitative estimate of drug-likeness (QED) is 0.484. The first kappa shape index (κ1) is 19.4. The summed E-state index contributed by atoms with van der Waals surface area (Å²) in [5.74, 6) is 0.275. The van der Waals surface area contributed by atoms with Crippen LogP contribution >= 0.6 is 0 Å². The molecular weight excluding hydrogens is 372 g/mol. The van der Waals surface area contributed by atoms with Crippen LogP contribution in [-0.2, 0) is 6.42 Å². The summed E-state index contributed by atoms with van der Waals surface area (Å²) >= 11 is 0. The van der Waals surface area contributed by atoms with Gasteiger partial charge in [-0.05, 0) is 35.4 Å². The topological polar surface area (TPSA) is 48.9 Å². The minimum atomic E-state index is -0.288. The maximum absolute atomic E-state index is 13.5. The van der Waals surface area contributed by atoms with E-state index in [1.807, 2.05) is 84.9 Å². The van der Waals surface area contributed by atoms with Gasteiger partial charge in [-0.2, -0.15) is 4.57 Å². The number of hydrogen-bond acceptors (Lipinski definition) is 2. The van der Waals surface area contributed by atoms with Crippen molar-refractivity contribution >= 4 is 6.08 Å². The third kappa shape index (κ3) is 3.55. The van der Waals surface area contributed by atoms with Gasteiger partial charge in [0.25, 0.3) is 5.82 Å². The summed E-state index contributed by atoms with van der Waals surface area (Å²) in [6, 6.07) is 26.5. The molecule has 1 heterocycles. The fraction of sp³-hybridized carbons (Fsp3) is 0.0769. The van der Waals surface area contributed by atoms with E-state index in [9.17, 15) is 9.90 Å². The Morgan fingerprint density at radius 2 is 1.53 bits per heavy atom. The second-order valence-corrected chi connectivity index (χ2v) is 7.10. The van der Waals surface area contributed by atoms with E-state index in [2.05, 4.69) is 6.58 Å². The summed E-state index contributed by atoms with van der Waals surface area (Å²) in [4.78, 5) is 13.5. The minimum absolute atomic E-state index is 0.236. The average Bonchev–Trinajstić information content (AvgIpc) is 2.79. The number of benzene rings is 3. The lowest BCUT2D eigenvalue weighted by atomic mass is 10.0. The molecule has 3 aromatic carbocycles. The van der Waals surface area contributed by atoms with Crippen molar-refractivity contribution in [3.8, 4) is 17.3 Å². The van der Waals surface area contributed by atoms with Crippen LogP contribution in [0.2, 0.25) is 0 Å². The number of aromatic nitrogens is 2. The molecule has 4 nitrogen and oxygen atoms in total. The van der Waals surface area contributed by atoms with Gasteiger partial charge in [-0.25, -0.2) is 9.36 Å². The van der Waals surface area contributed by atoms with Crippen molar-refractivity contribution in [2.75, 3.05) is 0 Å². The van der Waals surface area contributed by atoms with Gasteiger partial charge in [0.2, 0.25) is 0 Å². The standard InChI is InChI=1S/C26H22N2O2/c1-3-20-14-16-21(17-15-20)18-24-25(29)27(22-10-6-4-7-11-22)19(2)28(26(24)30)23-12-8-5-9-13-23/h3-17H,1,18H2,2H3. The summed E-state index contributed by atoms with van der Waals surface area (Å²) < 4.78 is 3.23. The smallest absolute Gasteiger partial charge is 0.345 e. The van der Waals surface area contributed by atoms with Gasteiger partial charge in [-0.1, -0.05) is 73.3 Å². The lowest BCUT2D eigenvalue weighted by molar-refractivity contribution is -0.661. The SMILES string of the molecule is C=Cc1ccc(Cc2c([O-])[n+](-c3ccccc3)c(C)n(-c3ccccc3)c2=O)cc1. The van der Waals surface area contributed by atoms with Crippen LogP contribution in [0.5, 0.6) is 5.88 Å². The van der Waals surface area contributed by atoms with Gasteiger partial charge >= 0.3 is 5.56 Å². The Labute approximate surface area is 175 Å². The molecule has 148 valence electrons. The summed E-state index contributed by atoms with van der Waals surface area (Å²) in [5.41, 5.74) is 3.30. The van der Waals surface area contributed by atoms with Crippen LogP contribution in [0.3, 0.4) is 0 Å². The number of hydrogen-bond donors (Lipinski definition) is 0. The summed E-state index contributed by atoms with van der Waals surface area (Å²) in [5, 5.41) is 13.5. The Kier molecular flexibility index (Phi) is 5.31. The normalized spacial score (nSPS) is 10.7. The zero-order chi connectivity index (χ0) is 21.1. The molecule has 4 heteroatoms. The Balaban J connectivity index is 1.97. The van der Waals surface area contributed by atoms with Crippen LogP contribution in [0.4, 0.5) is 0 Å². The molecule has 0 saturated heterocycles. The maximum Gasteiger partial charge on any atom is 0.345 e. The van der Waals surface area contributed by atoms with Crippen LogP contribution in [0.1, 0.15) is 22.5 Å². The summed E-state index contributed by atoms with van der Waals surface area (Å²) in [6.07, 6.45) is 2.02. The molecule has 4 rings (SSSR count). The van der Waals surface area contributed by atoms with Crippen molar-refractivity contribution in [1.82, 2.24) is 4.57 Å². The Morgan fingerprint density at radius 3 is 2.13 bits per heavy atom. The van der Waals surface area contributed by atoms with Crippen molar-refractivity contribution in [2.24, 2.45) is 0 Å². The fourth-order valence-electron chi connectivity index (χ4n) is 3.64. The molecule has 4 aromatic rings. The lowest BCUT2D eigenvalue weighted by Crippen LogP contribution is -2.46. The molecule has 0 bridgehead atoms. The van der Waals surface area contributed by atoms with Gasteiger partial charge in [0.15, 0.2) is 0 Å². The second-order valence-electron chi connectivity index (χ2n) is 7.10. The Morgan fingerprint density at radius 1 is 0.933 bits per heavy atom. The van der Waals surface area contributed by atoms with E-state index < -0.39 is 0 Å². The van der Waals surface area contributed by atoms with Gasteiger partial charge < -0.3 is 5.11 Å². The number of rotatable bonds is 5. The number of nitrogens with zero attached hydrogens (tertiary/aromatic N) is 2. The highest BCUT2D eigenvalue weighted by atomic mass is 16.3.